The zero-order valence-electron chi connectivity index (χ0n) is 45.9. The van der Waals surface area contributed by atoms with Gasteiger partial charge in [0.05, 0.1) is 16.4 Å². The van der Waals surface area contributed by atoms with Gasteiger partial charge in [0, 0.05) is 61.0 Å². The fraction of sp³-hybridized carbons (Fsp3) is 0. The molecule has 6 heteroatoms. The van der Waals surface area contributed by atoms with E-state index in [0.29, 0.717) is 17.5 Å². The maximum absolute atomic E-state index is 7.49. The van der Waals surface area contributed by atoms with E-state index in [9.17, 15) is 0 Å². The quantitative estimate of drug-likeness (QED) is 0.135. The fourth-order valence-electron chi connectivity index (χ4n) is 13.1. The summed E-state index contributed by atoms with van der Waals surface area (Å²) in [6.07, 6.45) is 0. The molecule has 0 spiro atoms. The Kier molecular flexibility index (Phi) is 11.1. The van der Waals surface area contributed by atoms with Crippen molar-refractivity contribution in [1.29, 1.82) is 0 Å². The van der Waals surface area contributed by atoms with Gasteiger partial charge >= 0.3 is 0 Å². The first kappa shape index (κ1) is 48.3. The van der Waals surface area contributed by atoms with Gasteiger partial charge in [-0.15, -0.1) is 0 Å². The summed E-state index contributed by atoms with van der Waals surface area (Å²) in [6, 6.07) is 106. The highest BCUT2D eigenvalue weighted by atomic mass is 16.3. The molecule has 6 nitrogen and oxygen atoms in total. The summed E-state index contributed by atoms with van der Waals surface area (Å²) in [4.78, 5) is 18.0. The minimum Gasteiger partial charge on any atom is -0.455 e. The van der Waals surface area contributed by atoms with Crippen LogP contribution in [0.15, 0.2) is 302 Å². The van der Waals surface area contributed by atoms with E-state index in [2.05, 4.69) is 282 Å². The Hall–Kier alpha value is -11.5. The van der Waals surface area contributed by atoms with E-state index in [4.69, 9.17) is 19.4 Å². The van der Waals surface area contributed by atoms with Gasteiger partial charge in [0.25, 0.3) is 0 Å². The Morgan fingerprint density at radius 3 is 1.38 bits per heavy atom. The fourth-order valence-corrected chi connectivity index (χ4v) is 13.1. The lowest BCUT2D eigenvalue weighted by molar-refractivity contribution is 0.673. The molecular weight excluding hydrogens is 1030 g/mol. The summed E-state index contributed by atoms with van der Waals surface area (Å²) >= 11 is 0. The van der Waals surface area contributed by atoms with Crippen LogP contribution < -0.4 is 4.90 Å². The molecule has 17 rings (SSSR count). The van der Waals surface area contributed by atoms with Crippen LogP contribution in [0.4, 0.5) is 17.1 Å². The maximum Gasteiger partial charge on any atom is 0.164 e. The average molecular weight is 1080 g/mol. The third-order valence-corrected chi connectivity index (χ3v) is 16.9. The lowest BCUT2D eigenvalue weighted by atomic mass is 9.92. The van der Waals surface area contributed by atoms with Crippen molar-refractivity contribution in [2.45, 2.75) is 0 Å². The van der Waals surface area contributed by atoms with Crippen LogP contribution in [0.1, 0.15) is 0 Å². The van der Waals surface area contributed by atoms with Gasteiger partial charge in [0.2, 0.25) is 0 Å². The molecule has 17 aromatic rings. The van der Waals surface area contributed by atoms with Crippen molar-refractivity contribution in [3.63, 3.8) is 0 Å². The van der Waals surface area contributed by atoms with E-state index < -0.39 is 0 Å². The van der Waals surface area contributed by atoms with E-state index >= 15 is 0 Å². The summed E-state index contributed by atoms with van der Waals surface area (Å²) < 4.78 is 9.91. The van der Waals surface area contributed by atoms with Crippen LogP contribution >= 0.6 is 0 Å². The van der Waals surface area contributed by atoms with Crippen LogP contribution in [0.5, 0.6) is 0 Å². The number of para-hydroxylation sites is 2. The zero-order valence-corrected chi connectivity index (χ0v) is 45.9. The summed E-state index contributed by atoms with van der Waals surface area (Å²) in [5, 5.41) is 13.8. The molecule has 0 N–H and O–H groups in total. The molecule has 14 aromatic carbocycles. The van der Waals surface area contributed by atoms with Crippen molar-refractivity contribution in [3.05, 3.63) is 297 Å². The summed E-state index contributed by atoms with van der Waals surface area (Å²) in [5.74, 6) is 1.78. The predicted molar refractivity (Wildman–Crippen MR) is 353 cm³/mol. The van der Waals surface area contributed by atoms with Crippen LogP contribution in [-0.4, -0.2) is 19.5 Å². The smallest absolute Gasteiger partial charge is 0.164 e. The van der Waals surface area contributed by atoms with Gasteiger partial charge in [-0.25, -0.2) is 15.0 Å². The number of nitrogens with zero attached hydrogens (tertiary/aromatic N) is 5. The number of benzene rings is 14. The van der Waals surface area contributed by atoms with Crippen molar-refractivity contribution < 1.29 is 4.42 Å². The van der Waals surface area contributed by atoms with Gasteiger partial charge in [-0.1, -0.05) is 218 Å². The predicted octanol–water partition coefficient (Wildman–Crippen LogP) is 21.3. The van der Waals surface area contributed by atoms with Gasteiger partial charge in [0.1, 0.15) is 11.2 Å². The standard InChI is InChI=1S/C79H49N5O/c1-5-22-50(23-6-1)52-26-19-28-55(44-52)78-80-77(51-24-7-2-8-25-51)81-79(82-78)56-29-21-35-60(46-56)84-71-43-42-54(53-27-20-34-59(45-53)83(57-30-9-3-10-31-57)58-32-11-4-12-33-58)47-69(71)74-75(84)66-41-18-17-40-65(66)73-70-48-67-63-38-15-13-36-61(63)62-37-14-16-39-64(62)68(67)49-72(70)85-76(73)74/h1-49H. The molecule has 0 unspecified atom stereocenters. The minimum atomic E-state index is 0.579. The lowest BCUT2D eigenvalue weighted by Crippen LogP contribution is -2.09. The molecule has 0 radical (unpaired) electrons. The largest absolute Gasteiger partial charge is 0.455 e. The molecule has 0 aliphatic carbocycles. The molecule has 0 bridgehead atoms. The van der Waals surface area contributed by atoms with Crippen LogP contribution in [0.25, 0.3) is 149 Å². The van der Waals surface area contributed by atoms with Crippen molar-refractivity contribution >= 4 is 104 Å². The normalized spacial score (nSPS) is 11.8. The van der Waals surface area contributed by atoms with E-state index in [0.717, 1.165) is 116 Å². The first-order valence-corrected chi connectivity index (χ1v) is 28.8. The lowest BCUT2D eigenvalue weighted by Gasteiger charge is -2.26. The molecule has 3 heterocycles. The highest BCUT2D eigenvalue weighted by molar-refractivity contribution is 6.37. The van der Waals surface area contributed by atoms with Gasteiger partial charge in [-0.05, 0) is 139 Å². The Bertz CT molecular complexity index is 5440. The molecule has 0 aliphatic heterocycles. The number of furan rings is 1. The number of fused-ring (bicyclic) bond motifs is 16. The van der Waals surface area contributed by atoms with Gasteiger partial charge in [-0.3, -0.25) is 0 Å². The van der Waals surface area contributed by atoms with Crippen molar-refractivity contribution in [2.24, 2.45) is 0 Å². The highest BCUT2D eigenvalue weighted by Gasteiger charge is 2.26. The van der Waals surface area contributed by atoms with Gasteiger partial charge < -0.3 is 13.9 Å². The van der Waals surface area contributed by atoms with Crippen molar-refractivity contribution in [2.75, 3.05) is 4.90 Å². The number of aromatic nitrogens is 4. The molecular formula is C79H49N5O. The van der Waals surface area contributed by atoms with E-state index in [1.165, 1.54) is 32.3 Å². The van der Waals surface area contributed by atoms with Crippen LogP contribution in [-0.2, 0) is 0 Å². The summed E-state index contributed by atoms with van der Waals surface area (Å²) in [5.41, 5.74) is 15.1. The molecule has 0 fully saturated rings. The van der Waals surface area contributed by atoms with E-state index in [-0.39, 0.29) is 0 Å². The number of hydrogen-bond acceptors (Lipinski definition) is 5. The van der Waals surface area contributed by atoms with E-state index in [1.807, 2.05) is 24.3 Å². The molecule has 3 aromatic heterocycles. The number of rotatable bonds is 9. The molecule has 396 valence electrons. The van der Waals surface area contributed by atoms with Crippen molar-refractivity contribution in [1.82, 2.24) is 19.5 Å². The molecule has 0 aliphatic rings. The number of anilines is 3. The Labute approximate surface area is 489 Å². The van der Waals surface area contributed by atoms with Crippen molar-refractivity contribution in [3.8, 4) is 62.1 Å². The van der Waals surface area contributed by atoms with E-state index in [1.54, 1.807) is 0 Å². The van der Waals surface area contributed by atoms with Gasteiger partial charge in [0.15, 0.2) is 17.5 Å². The van der Waals surface area contributed by atoms with Gasteiger partial charge in [-0.2, -0.15) is 0 Å². The molecule has 85 heavy (non-hydrogen) atoms. The third-order valence-electron chi connectivity index (χ3n) is 16.9. The molecule has 0 amide bonds. The Morgan fingerprint density at radius 1 is 0.271 bits per heavy atom. The van der Waals surface area contributed by atoms with Crippen LogP contribution in [0, 0.1) is 0 Å². The topological polar surface area (TPSA) is 60.0 Å². The minimum absolute atomic E-state index is 0.579. The molecule has 0 atom stereocenters. The second kappa shape index (κ2) is 19.6. The number of hydrogen-bond donors (Lipinski definition) is 0. The second-order valence-corrected chi connectivity index (χ2v) is 21.9. The summed E-state index contributed by atoms with van der Waals surface area (Å²) in [7, 11) is 0. The Morgan fingerprint density at radius 2 is 0.729 bits per heavy atom. The Balaban J connectivity index is 0.923. The second-order valence-electron chi connectivity index (χ2n) is 21.9. The molecule has 0 saturated carbocycles. The monoisotopic (exact) mass is 1080 g/mol. The molecule has 0 saturated heterocycles. The highest BCUT2D eigenvalue weighted by Crippen LogP contribution is 2.49. The first-order valence-electron chi connectivity index (χ1n) is 28.8. The van der Waals surface area contributed by atoms with Crippen LogP contribution in [0.3, 0.4) is 0 Å². The maximum atomic E-state index is 7.49. The average Bonchev–Trinajstić information content (AvgIpc) is 1.72. The zero-order chi connectivity index (χ0) is 56.0. The van der Waals surface area contributed by atoms with Crippen LogP contribution in [0.2, 0.25) is 0 Å². The first-order chi connectivity index (χ1) is 42.1. The summed E-state index contributed by atoms with van der Waals surface area (Å²) in [6.45, 7) is 0. The third kappa shape index (κ3) is 7.99. The SMILES string of the molecule is c1ccc(-c2cccc(-c3nc(-c4ccccc4)nc(-c4cccc(-n5c6ccc(-c7cccc(N(c8ccccc8)c8ccccc8)c7)cc6c6c7oc8cc9c%10ccccc%10c%10ccccc%10c9cc8c7c7ccccc7c65)c4)n3)c2)cc1.